The molecule has 22 heavy (non-hydrogen) atoms. The van der Waals surface area contributed by atoms with Crippen molar-refractivity contribution < 1.29 is 18.0 Å². The van der Waals surface area contributed by atoms with Gasteiger partial charge in [0.2, 0.25) is 0 Å². The summed E-state index contributed by atoms with van der Waals surface area (Å²) in [4.78, 5) is 15.3. The highest BCUT2D eigenvalue weighted by Crippen LogP contribution is 2.27. The summed E-state index contributed by atoms with van der Waals surface area (Å²) in [5.74, 6) is -0.482. The molecule has 1 aromatic carbocycles. The van der Waals surface area contributed by atoms with Crippen LogP contribution in [0.1, 0.15) is 34.6 Å². The van der Waals surface area contributed by atoms with E-state index in [1.54, 1.807) is 6.92 Å². The SMILES string of the molecule is CC(NC(=O)c1ccc(C(F)(F)F)nc1)c1ccccc1Br. The molecule has 0 aliphatic rings. The molecule has 1 aromatic heterocycles. The number of hydrogen-bond donors (Lipinski definition) is 1. The number of pyridine rings is 1. The van der Waals surface area contributed by atoms with Crippen molar-refractivity contribution in [3.8, 4) is 0 Å². The van der Waals surface area contributed by atoms with Crippen molar-refractivity contribution in [2.24, 2.45) is 0 Å². The lowest BCUT2D eigenvalue weighted by atomic mass is 10.1. The van der Waals surface area contributed by atoms with Gasteiger partial charge in [0.1, 0.15) is 5.69 Å². The number of benzene rings is 1. The molecule has 0 bridgehead atoms. The fourth-order valence-electron chi connectivity index (χ4n) is 1.88. The number of aromatic nitrogens is 1. The van der Waals surface area contributed by atoms with E-state index in [2.05, 4.69) is 26.2 Å². The van der Waals surface area contributed by atoms with Crippen LogP contribution in [-0.4, -0.2) is 10.9 Å². The quantitative estimate of drug-likeness (QED) is 0.869. The molecule has 1 heterocycles. The van der Waals surface area contributed by atoms with Crippen LogP contribution >= 0.6 is 15.9 Å². The molecule has 1 amide bonds. The second-order valence-corrected chi connectivity index (χ2v) is 5.50. The Kier molecular flexibility index (Phi) is 4.85. The number of carbonyl (C=O) groups excluding carboxylic acids is 1. The Morgan fingerprint density at radius 1 is 1.23 bits per heavy atom. The van der Waals surface area contributed by atoms with Crippen molar-refractivity contribution in [2.75, 3.05) is 0 Å². The van der Waals surface area contributed by atoms with Gasteiger partial charge in [-0.15, -0.1) is 0 Å². The van der Waals surface area contributed by atoms with Gasteiger partial charge in [-0.05, 0) is 30.7 Å². The van der Waals surface area contributed by atoms with Crippen molar-refractivity contribution in [3.63, 3.8) is 0 Å². The van der Waals surface area contributed by atoms with Crippen molar-refractivity contribution >= 4 is 21.8 Å². The average molecular weight is 373 g/mol. The van der Waals surface area contributed by atoms with Gasteiger partial charge in [0.15, 0.2) is 0 Å². The minimum atomic E-state index is -4.52. The van der Waals surface area contributed by atoms with Crippen molar-refractivity contribution in [2.45, 2.75) is 19.1 Å². The molecule has 0 aliphatic heterocycles. The summed E-state index contributed by atoms with van der Waals surface area (Å²) in [5, 5.41) is 2.72. The highest BCUT2D eigenvalue weighted by Gasteiger charge is 2.32. The maximum atomic E-state index is 12.4. The first-order chi connectivity index (χ1) is 10.3. The summed E-state index contributed by atoms with van der Waals surface area (Å²) < 4.78 is 38.1. The number of amides is 1. The molecule has 2 rings (SSSR count). The largest absolute Gasteiger partial charge is 0.433 e. The molecule has 0 spiro atoms. The number of halogens is 4. The van der Waals surface area contributed by atoms with Crippen LogP contribution in [0.4, 0.5) is 13.2 Å². The molecule has 2 aromatic rings. The van der Waals surface area contributed by atoms with E-state index in [1.807, 2.05) is 24.3 Å². The van der Waals surface area contributed by atoms with Gasteiger partial charge in [-0.1, -0.05) is 34.1 Å². The normalized spacial score (nSPS) is 12.8. The molecule has 0 fully saturated rings. The molecule has 1 N–H and O–H groups in total. The molecular formula is C15H12BrF3N2O. The van der Waals surface area contributed by atoms with Crippen molar-refractivity contribution in [3.05, 3.63) is 63.9 Å². The van der Waals surface area contributed by atoms with Gasteiger partial charge >= 0.3 is 6.18 Å². The number of nitrogens with one attached hydrogen (secondary N) is 1. The minimum absolute atomic E-state index is 0.0758. The van der Waals surface area contributed by atoms with E-state index < -0.39 is 17.8 Å². The van der Waals surface area contributed by atoms with E-state index in [0.29, 0.717) is 0 Å². The third-order valence-corrected chi connectivity index (χ3v) is 3.76. The Morgan fingerprint density at radius 2 is 1.91 bits per heavy atom. The Hall–Kier alpha value is -1.89. The van der Waals surface area contributed by atoms with Crippen molar-refractivity contribution in [1.29, 1.82) is 0 Å². The molecule has 0 saturated heterocycles. The number of hydrogen-bond acceptors (Lipinski definition) is 2. The molecule has 1 atom stereocenters. The third kappa shape index (κ3) is 3.85. The van der Waals surface area contributed by atoms with Crippen LogP contribution in [0.5, 0.6) is 0 Å². The molecule has 7 heteroatoms. The summed E-state index contributed by atoms with van der Waals surface area (Å²) in [6.45, 7) is 1.79. The summed E-state index contributed by atoms with van der Waals surface area (Å²) in [6, 6.07) is 8.98. The van der Waals surface area contributed by atoms with Gasteiger partial charge < -0.3 is 5.32 Å². The van der Waals surface area contributed by atoms with Crippen LogP contribution in [0.3, 0.4) is 0 Å². The fourth-order valence-corrected chi connectivity index (χ4v) is 2.51. The van der Waals surface area contributed by atoms with Gasteiger partial charge in [-0.2, -0.15) is 13.2 Å². The van der Waals surface area contributed by atoms with E-state index in [0.717, 1.165) is 28.4 Å². The Morgan fingerprint density at radius 3 is 2.45 bits per heavy atom. The highest BCUT2D eigenvalue weighted by atomic mass is 79.9. The number of alkyl halides is 3. The zero-order valence-corrected chi connectivity index (χ0v) is 13.1. The first kappa shape index (κ1) is 16.5. The van der Waals surface area contributed by atoms with E-state index in [9.17, 15) is 18.0 Å². The molecule has 0 saturated carbocycles. The van der Waals surface area contributed by atoms with Gasteiger partial charge in [0, 0.05) is 10.7 Å². The molecule has 1 unspecified atom stereocenters. The zero-order valence-electron chi connectivity index (χ0n) is 11.5. The minimum Gasteiger partial charge on any atom is -0.345 e. The Labute approximate surface area is 133 Å². The fraction of sp³-hybridized carbons (Fsp3) is 0.200. The van der Waals surface area contributed by atoms with Gasteiger partial charge in [-0.25, -0.2) is 0 Å². The summed E-state index contributed by atoms with van der Waals surface area (Å²) in [7, 11) is 0. The second-order valence-electron chi connectivity index (χ2n) is 4.65. The molecule has 116 valence electrons. The van der Waals surface area contributed by atoms with Crippen LogP contribution in [0, 0.1) is 0 Å². The van der Waals surface area contributed by atoms with Gasteiger partial charge in [-0.3, -0.25) is 9.78 Å². The number of nitrogens with zero attached hydrogens (tertiary/aromatic N) is 1. The first-order valence-corrected chi connectivity index (χ1v) is 7.17. The topological polar surface area (TPSA) is 42.0 Å². The highest BCUT2D eigenvalue weighted by molar-refractivity contribution is 9.10. The smallest absolute Gasteiger partial charge is 0.345 e. The average Bonchev–Trinajstić information content (AvgIpc) is 2.46. The molecule has 0 aliphatic carbocycles. The van der Waals surface area contributed by atoms with Crippen LogP contribution in [0.15, 0.2) is 47.1 Å². The van der Waals surface area contributed by atoms with Crippen LogP contribution in [0.2, 0.25) is 0 Å². The maximum absolute atomic E-state index is 12.4. The monoisotopic (exact) mass is 372 g/mol. The summed E-state index contributed by atoms with van der Waals surface area (Å²) in [5.41, 5.74) is -0.0782. The van der Waals surface area contributed by atoms with Crippen LogP contribution in [0.25, 0.3) is 0 Å². The lowest BCUT2D eigenvalue weighted by Gasteiger charge is -2.16. The van der Waals surface area contributed by atoms with E-state index in [4.69, 9.17) is 0 Å². The van der Waals surface area contributed by atoms with Gasteiger partial charge in [0.25, 0.3) is 5.91 Å². The molecule has 3 nitrogen and oxygen atoms in total. The zero-order chi connectivity index (χ0) is 16.3. The lowest BCUT2D eigenvalue weighted by Crippen LogP contribution is -2.27. The maximum Gasteiger partial charge on any atom is 0.433 e. The standard InChI is InChI=1S/C15H12BrF3N2O/c1-9(11-4-2-3-5-12(11)16)21-14(22)10-6-7-13(20-8-10)15(17,18)19/h2-9H,1H3,(H,21,22). The number of rotatable bonds is 3. The number of carbonyl (C=O) groups is 1. The first-order valence-electron chi connectivity index (χ1n) is 6.37. The Bertz CT molecular complexity index is 671. The predicted molar refractivity (Wildman–Crippen MR) is 79.3 cm³/mol. The van der Waals surface area contributed by atoms with Crippen LogP contribution < -0.4 is 5.32 Å². The lowest BCUT2D eigenvalue weighted by molar-refractivity contribution is -0.141. The summed E-state index contributed by atoms with van der Waals surface area (Å²) in [6.07, 6.45) is -3.60. The van der Waals surface area contributed by atoms with Crippen LogP contribution in [-0.2, 0) is 6.18 Å². The predicted octanol–water partition coefficient (Wildman–Crippen LogP) is 4.35. The van der Waals surface area contributed by atoms with E-state index in [-0.39, 0.29) is 11.6 Å². The van der Waals surface area contributed by atoms with Gasteiger partial charge in [0.05, 0.1) is 11.6 Å². The van der Waals surface area contributed by atoms with Crippen molar-refractivity contribution in [1.82, 2.24) is 10.3 Å². The third-order valence-electron chi connectivity index (χ3n) is 3.04. The van der Waals surface area contributed by atoms with E-state index in [1.165, 1.54) is 0 Å². The Balaban J connectivity index is 2.11. The molecule has 0 radical (unpaired) electrons. The second kappa shape index (κ2) is 6.48. The summed E-state index contributed by atoms with van der Waals surface area (Å²) >= 11 is 3.39. The molecular weight excluding hydrogens is 361 g/mol. The van der Waals surface area contributed by atoms with E-state index >= 15 is 0 Å².